The largest absolute Gasteiger partial charge is 0.379 e. The van der Waals surface area contributed by atoms with Crippen molar-refractivity contribution in [1.82, 2.24) is 15.2 Å². The van der Waals surface area contributed by atoms with Gasteiger partial charge in [-0.15, -0.1) is 0 Å². The number of hydrogen-bond donors (Lipinski definition) is 2. The smallest absolute Gasteiger partial charge is 0.269 e. The van der Waals surface area contributed by atoms with Crippen LogP contribution >= 0.6 is 0 Å². The monoisotopic (exact) mass is 379 g/mol. The van der Waals surface area contributed by atoms with Crippen molar-refractivity contribution in [3.05, 3.63) is 41.6 Å². The third-order valence-electron chi connectivity index (χ3n) is 4.66. The molecule has 0 spiro atoms. The van der Waals surface area contributed by atoms with Crippen LogP contribution in [0, 0.1) is 0 Å². The Hall–Kier alpha value is -1.90. The molecule has 0 bridgehead atoms. The number of ether oxygens (including phenoxy) is 1. The predicted octanol–water partition coefficient (Wildman–Crippen LogP) is 1.79. The highest BCUT2D eigenvalue weighted by molar-refractivity contribution is 7.89. The van der Waals surface area contributed by atoms with Gasteiger partial charge in [-0.2, -0.15) is 4.31 Å². The van der Waals surface area contributed by atoms with Gasteiger partial charge in [0.1, 0.15) is 0 Å². The fourth-order valence-corrected chi connectivity index (χ4v) is 4.61. The Morgan fingerprint density at radius 1 is 1.12 bits per heavy atom. The second-order valence-electron chi connectivity index (χ2n) is 6.51. The molecule has 1 amide bonds. The Morgan fingerprint density at radius 2 is 1.85 bits per heavy atom. The Morgan fingerprint density at radius 3 is 2.58 bits per heavy atom. The average Bonchev–Trinajstić information content (AvgIpc) is 2.69. The number of nitrogens with one attached hydrogen (secondary N) is 2. The third kappa shape index (κ3) is 4.63. The first-order chi connectivity index (χ1) is 12.6. The summed E-state index contributed by atoms with van der Waals surface area (Å²) in [5.74, 6) is -0.364. The number of sulfonamides is 1. The topological polar surface area (TPSA) is 87.7 Å². The van der Waals surface area contributed by atoms with E-state index in [1.165, 1.54) is 41.3 Å². The van der Waals surface area contributed by atoms with Gasteiger partial charge in [-0.05, 0) is 43.9 Å². The van der Waals surface area contributed by atoms with Crippen LogP contribution in [0.3, 0.4) is 0 Å². The molecule has 2 fully saturated rings. The van der Waals surface area contributed by atoms with Gasteiger partial charge in [0.25, 0.3) is 5.91 Å². The number of hydrazine groups is 1. The van der Waals surface area contributed by atoms with Crippen LogP contribution in [0.25, 0.3) is 0 Å². The molecule has 8 heteroatoms. The van der Waals surface area contributed by atoms with Gasteiger partial charge in [-0.1, -0.05) is 18.1 Å². The van der Waals surface area contributed by atoms with Crippen LogP contribution in [0.15, 0.2) is 40.9 Å². The lowest BCUT2D eigenvalue weighted by Crippen LogP contribution is -2.40. The molecular formula is C18H25N3O4S. The minimum absolute atomic E-state index is 0.123. The molecule has 142 valence electrons. The van der Waals surface area contributed by atoms with Gasteiger partial charge in [0, 0.05) is 24.9 Å². The SMILES string of the molecule is O=C(NNC=C1CCCCC1)c1cccc(S(=O)(=O)N2CCOCC2)c1. The van der Waals surface area contributed by atoms with Crippen molar-refractivity contribution in [2.45, 2.75) is 37.0 Å². The molecule has 2 aliphatic rings. The normalized spacial score (nSPS) is 19.0. The number of carbonyl (C=O) groups excluding carboxylic acids is 1. The van der Waals surface area contributed by atoms with Gasteiger partial charge < -0.3 is 10.2 Å². The zero-order valence-electron chi connectivity index (χ0n) is 14.7. The van der Waals surface area contributed by atoms with Gasteiger partial charge >= 0.3 is 0 Å². The molecule has 0 atom stereocenters. The molecule has 1 aliphatic carbocycles. The Bertz CT molecular complexity index is 762. The molecule has 1 aromatic rings. The zero-order valence-corrected chi connectivity index (χ0v) is 15.6. The molecule has 0 aromatic heterocycles. The summed E-state index contributed by atoms with van der Waals surface area (Å²) in [6.07, 6.45) is 7.57. The molecule has 1 saturated carbocycles. The summed E-state index contributed by atoms with van der Waals surface area (Å²) in [5, 5.41) is 0. The van der Waals surface area contributed by atoms with Crippen LogP contribution in [-0.4, -0.2) is 44.9 Å². The highest BCUT2D eigenvalue weighted by Crippen LogP contribution is 2.21. The number of hydrogen-bond acceptors (Lipinski definition) is 5. The van der Waals surface area contributed by atoms with Crippen LogP contribution in [0.5, 0.6) is 0 Å². The zero-order chi connectivity index (χ0) is 18.4. The van der Waals surface area contributed by atoms with E-state index >= 15 is 0 Å². The first kappa shape index (κ1) is 18.9. The summed E-state index contributed by atoms with van der Waals surface area (Å²) in [6, 6.07) is 6.11. The standard InChI is InChI=1S/C18H25N3O4S/c22-18(20-19-14-15-5-2-1-3-6-15)16-7-4-8-17(13-16)26(23,24)21-9-11-25-12-10-21/h4,7-8,13-14,19H,1-3,5-6,9-12H2,(H,20,22). The van der Waals surface area contributed by atoms with Crippen LogP contribution < -0.4 is 10.9 Å². The van der Waals surface area contributed by atoms with E-state index in [0.717, 1.165) is 12.8 Å². The first-order valence-corrected chi connectivity index (χ1v) is 10.4. The molecule has 3 rings (SSSR count). The fourth-order valence-electron chi connectivity index (χ4n) is 3.16. The maximum atomic E-state index is 12.7. The molecule has 0 unspecified atom stereocenters. The number of rotatable bonds is 5. The molecule has 7 nitrogen and oxygen atoms in total. The molecule has 2 N–H and O–H groups in total. The molecule has 1 aliphatic heterocycles. The minimum atomic E-state index is -3.61. The molecule has 1 heterocycles. The van der Waals surface area contributed by atoms with E-state index in [-0.39, 0.29) is 10.8 Å². The quantitative estimate of drug-likeness (QED) is 0.762. The maximum absolute atomic E-state index is 12.7. The summed E-state index contributed by atoms with van der Waals surface area (Å²) in [4.78, 5) is 12.4. The highest BCUT2D eigenvalue weighted by atomic mass is 32.2. The maximum Gasteiger partial charge on any atom is 0.269 e. The van der Waals surface area contributed by atoms with E-state index in [1.807, 2.05) is 6.20 Å². The Kier molecular flexibility index (Phi) is 6.29. The Balaban J connectivity index is 1.65. The molecule has 1 aromatic carbocycles. The van der Waals surface area contributed by atoms with Crippen LogP contribution in [0.1, 0.15) is 42.5 Å². The van der Waals surface area contributed by atoms with Gasteiger partial charge in [-0.25, -0.2) is 8.42 Å². The van der Waals surface area contributed by atoms with Gasteiger partial charge in [0.05, 0.1) is 18.1 Å². The van der Waals surface area contributed by atoms with Crippen molar-refractivity contribution in [2.24, 2.45) is 0 Å². The Labute approximate surface area is 154 Å². The van der Waals surface area contributed by atoms with Gasteiger partial charge in [-0.3, -0.25) is 10.2 Å². The summed E-state index contributed by atoms with van der Waals surface area (Å²) in [6.45, 7) is 1.43. The lowest BCUT2D eigenvalue weighted by molar-refractivity contribution is 0.0730. The summed E-state index contributed by atoms with van der Waals surface area (Å²) in [5.41, 5.74) is 7.04. The van der Waals surface area contributed by atoms with E-state index < -0.39 is 10.0 Å². The average molecular weight is 379 g/mol. The summed E-state index contributed by atoms with van der Waals surface area (Å²) < 4.78 is 32.0. The predicted molar refractivity (Wildman–Crippen MR) is 97.8 cm³/mol. The molecule has 26 heavy (non-hydrogen) atoms. The van der Waals surface area contributed by atoms with Crippen LogP contribution in [-0.2, 0) is 14.8 Å². The van der Waals surface area contributed by atoms with E-state index in [9.17, 15) is 13.2 Å². The van der Waals surface area contributed by atoms with Gasteiger partial charge in [0.2, 0.25) is 10.0 Å². The number of benzene rings is 1. The second kappa shape index (κ2) is 8.66. The lowest BCUT2D eigenvalue weighted by Gasteiger charge is -2.26. The minimum Gasteiger partial charge on any atom is -0.379 e. The number of amides is 1. The van der Waals surface area contributed by atoms with E-state index in [0.29, 0.717) is 31.9 Å². The summed E-state index contributed by atoms with van der Waals surface area (Å²) in [7, 11) is -3.61. The third-order valence-corrected chi connectivity index (χ3v) is 6.56. The number of nitrogens with zero attached hydrogens (tertiary/aromatic N) is 1. The van der Waals surface area contributed by atoms with E-state index in [4.69, 9.17) is 4.74 Å². The van der Waals surface area contributed by atoms with Crippen molar-refractivity contribution in [3.8, 4) is 0 Å². The lowest BCUT2D eigenvalue weighted by atomic mass is 9.96. The van der Waals surface area contributed by atoms with Crippen molar-refractivity contribution < 1.29 is 17.9 Å². The number of carbonyl (C=O) groups is 1. The van der Waals surface area contributed by atoms with Crippen molar-refractivity contribution in [2.75, 3.05) is 26.3 Å². The first-order valence-electron chi connectivity index (χ1n) is 8.99. The molecule has 1 saturated heterocycles. The number of allylic oxidation sites excluding steroid dienone is 1. The molecule has 0 radical (unpaired) electrons. The van der Waals surface area contributed by atoms with Gasteiger partial charge in [0.15, 0.2) is 0 Å². The van der Waals surface area contributed by atoms with Crippen molar-refractivity contribution >= 4 is 15.9 Å². The highest BCUT2D eigenvalue weighted by Gasteiger charge is 2.26. The van der Waals surface area contributed by atoms with E-state index in [1.54, 1.807) is 12.1 Å². The van der Waals surface area contributed by atoms with Crippen molar-refractivity contribution in [3.63, 3.8) is 0 Å². The summed E-state index contributed by atoms with van der Waals surface area (Å²) >= 11 is 0. The fraction of sp³-hybridized carbons (Fsp3) is 0.500. The van der Waals surface area contributed by atoms with Crippen LogP contribution in [0.4, 0.5) is 0 Å². The van der Waals surface area contributed by atoms with E-state index in [2.05, 4.69) is 10.9 Å². The number of morpholine rings is 1. The second-order valence-corrected chi connectivity index (χ2v) is 8.44. The van der Waals surface area contributed by atoms with Crippen molar-refractivity contribution in [1.29, 1.82) is 0 Å². The molecular weight excluding hydrogens is 354 g/mol. The van der Waals surface area contributed by atoms with Crippen LogP contribution in [0.2, 0.25) is 0 Å².